The lowest BCUT2D eigenvalue weighted by Gasteiger charge is -2.15. The number of hydrogen-bond donors (Lipinski definition) is 0. The predicted octanol–water partition coefficient (Wildman–Crippen LogP) is 11.0. The summed E-state index contributed by atoms with van der Waals surface area (Å²) in [6.07, 6.45) is 8.39. The fraction of sp³-hybridized carbons (Fsp3) is 0.122. The lowest BCUT2D eigenvalue weighted by atomic mass is 10.0. The highest BCUT2D eigenvalue weighted by Gasteiger charge is 2.20. The van der Waals surface area contributed by atoms with Crippen molar-refractivity contribution in [2.24, 2.45) is 0 Å². The maximum atomic E-state index is 14.3. The molecule has 55 heavy (non-hydrogen) atoms. The minimum atomic E-state index is -0.449. The highest BCUT2D eigenvalue weighted by atomic mass is 79.9. The van der Waals surface area contributed by atoms with E-state index in [4.69, 9.17) is 37.4 Å². The Morgan fingerprint density at radius 2 is 1.07 bits per heavy atom. The summed E-state index contributed by atoms with van der Waals surface area (Å²) in [6.45, 7) is 0. The molecule has 0 spiro atoms. The van der Waals surface area contributed by atoms with Crippen molar-refractivity contribution in [3.05, 3.63) is 157 Å². The van der Waals surface area contributed by atoms with Crippen LogP contribution < -0.4 is 14.2 Å². The van der Waals surface area contributed by atoms with Crippen molar-refractivity contribution in [2.75, 3.05) is 21.3 Å². The van der Waals surface area contributed by atoms with Gasteiger partial charge in [0, 0.05) is 68.5 Å². The zero-order valence-electron chi connectivity index (χ0n) is 29.6. The smallest absolute Gasteiger partial charge is 0.218 e. The molecule has 0 aliphatic rings. The van der Waals surface area contributed by atoms with Crippen molar-refractivity contribution in [3.8, 4) is 28.9 Å². The Bertz CT molecular complexity index is 2610. The van der Waals surface area contributed by atoms with Gasteiger partial charge in [-0.2, -0.15) is 10.2 Å². The molecule has 0 unspecified atom stereocenters. The number of ether oxygens (including phenoxy) is 3. The number of fused-ring (bicyclic) bond motifs is 2. The van der Waals surface area contributed by atoms with Crippen LogP contribution in [0, 0.1) is 5.82 Å². The molecule has 0 radical (unpaired) electrons. The summed E-state index contributed by atoms with van der Waals surface area (Å²) in [7, 11) is 4.71. The minimum Gasteiger partial charge on any atom is -0.494 e. The Kier molecular flexibility index (Phi) is 11.7. The van der Waals surface area contributed by atoms with Gasteiger partial charge in [0.25, 0.3) is 0 Å². The Morgan fingerprint density at radius 3 is 1.51 bits per heavy atom. The van der Waals surface area contributed by atoms with Crippen molar-refractivity contribution in [2.45, 2.75) is 12.8 Å². The molecule has 9 nitrogen and oxygen atoms in total. The summed E-state index contributed by atoms with van der Waals surface area (Å²) in [5.41, 5.74) is 6.51. The lowest BCUT2D eigenvalue weighted by molar-refractivity contribution is 0.392. The van der Waals surface area contributed by atoms with E-state index in [0.717, 1.165) is 43.5 Å². The van der Waals surface area contributed by atoms with Crippen LogP contribution in [-0.2, 0) is 12.8 Å². The molecule has 278 valence electrons. The second-order valence-corrected chi connectivity index (χ2v) is 14.8. The Labute approximate surface area is 342 Å². The summed E-state index contributed by atoms with van der Waals surface area (Å²) in [6, 6.07) is 26.8. The molecule has 0 amide bonds. The predicted molar refractivity (Wildman–Crippen MR) is 221 cm³/mol. The Balaban J connectivity index is 0.000000169. The van der Waals surface area contributed by atoms with Gasteiger partial charge in [0.15, 0.2) is 5.82 Å². The van der Waals surface area contributed by atoms with Gasteiger partial charge in [0.1, 0.15) is 16.8 Å². The standard InChI is InChI=1S/C21H17BrClN3O2.C20H14BrClFN3O/c1-27-18-12-14(22)11-16-19(23)17(21(28-2)25-20(16)18)10-13-4-6-15(7-5-13)26-9-3-8-24-26;1-27-20-16(18(22)15-10-13(21)11-17(23)19(15)25-20)9-12-3-5-14(6-4-12)26-8-2-7-24-26/h3-9,11-12H,10H2,1-2H3;2-8,10-11H,9H2,1H3. The molecule has 0 fully saturated rings. The number of pyridine rings is 2. The van der Waals surface area contributed by atoms with Crippen LogP contribution in [0.5, 0.6) is 17.5 Å². The van der Waals surface area contributed by atoms with E-state index in [-0.39, 0.29) is 5.52 Å². The van der Waals surface area contributed by atoms with Gasteiger partial charge in [-0.1, -0.05) is 79.3 Å². The quantitative estimate of drug-likeness (QED) is 0.143. The number of nitrogens with zero attached hydrogens (tertiary/aromatic N) is 6. The maximum absolute atomic E-state index is 14.3. The van der Waals surface area contributed by atoms with Gasteiger partial charge in [-0.15, -0.1) is 0 Å². The van der Waals surface area contributed by atoms with E-state index in [2.05, 4.69) is 64.2 Å². The zero-order chi connectivity index (χ0) is 38.6. The van der Waals surface area contributed by atoms with Gasteiger partial charge < -0.3 is 14.2 Å². The molecular formula is C41H31Br2Cl2FN6O3. The highest BCUT2D eigenvalue weighted by molar-refractivity contribution is 9.10. The van der Waals surface area contributed by atoms with Crippen LogP contribution in [0.25, 0.3) is 33.2 Å². The molecule has 0 atom stereocenters. The van der Waals surface area contributed by atoms with Crippen LogP contribution in [-0.4, -0.2) is 50.9 Å². The van der Waals surface area contributed by atoms with E-state index in [1.54, 1.807) is 37.4 Å². The van der Waals surface area contributed by atoms with E-state index in [9.17, 15) is 4.39 Å². The molecule has 0 saturated carbocycles. The molecule has 0 aliphatic heterocycles. The Morgan fingerprint density at radius 1 is 0.618 bits per heavy atom. The third kappa shape index (κ3) is 8.18. The van der Waals surface area contributed by atoms with Crippen molar-refractivity contribution < 1.29 is 18.6 Å². The lowest BCUT2D eigenvalue weighted by Crippen LogP contribution is -2.01. The third-order valence-electron chi connectivity index (χ3n) is 8.79. The summed E-state index contributed by atoms with van der Waals surface area (Å²) in [4.78, 5) is 8.99. The molecule has 4 aromatic carbocycles. The van der Waals surface area contributed by atoms with E-state index in [1.807, 2.05) is 77.7 Å². The highest BCUT2D eigenvalue weighted by Crippen LogP contribution is 2.40. The van der Waals surface area contributed by atoms with Crippen LogP contribution in [0.3, 0.4) is 0 Å². The fourth-order valence-corrected chi connectivity index (χ4v) is 7.59. The molecule has 4 heterocycles. The van der Waals surface area contributed by atoms with Crippen LogP contribution in [0.15, 0.2) is 119 Å². The van der Waals surface area contributed by atoms with Crippen LogP contribution >= 0.6 is 55.1 Å². The number of rotatable bonds is 9. The number of benzene rings is 4. The first kappa shape index (κ1) is 38.3. The molecule has 8 aromatic rings. The minimum absolute atomic E-state index is 0.192. The number of aromatic nitrogens is 6. The third-order valence-corrected chi connectivity index (χ3v) is 10.6. The molecule has 0 aliphatic carbocycles. The van der Waals surface area contributed by atoms with E-state index in [0.29, 0.717) is 55.8 Å². The summed E-state index contributed by atoms with van der Waals surface area (Å²) in [5.74, 6) is 1.01. The summed E-state index contributed by atoms with van der Waals surface area (Å²) in [5, 5.41) is 10.9. The number of hydrogen-bond acceptors (Lipinski definition) is 7. The SMILES string of the molecule is COc1nc2c(F)cc(Br)cc2c(Cl)c1Cc1ccc(-n2cccn2)cc1.COc1nc2c(OC)cc(Br)cc2c(Cl)c1Cc1ccc(-n2cccn2)cc1. The topological polar surface area (TPSA) is 89.1 Å². The van der Waals surface area contributed by atoms with Gasteiger partial charge in [-0.3, -0.25) is 0 Å². The van der Waals surface area contributed by atoms with E-state index >= 15 is 0 Å². The molecule has 0 saturated heterocycles. The first-order valence-electron chi connectivity index (χ1n) is 16.8. The van der Waals surface area contributed by atoms with Gasteiger partial charge in [-0.05, 0) is 71.8 Å². The van der Waals surface area contributed by atoms with Crippen LogP contribution in [0.1, 0.15) is 22.3 Å². The normalized spacial score (nSPS) is 11.1. The first-order valence-corrected chi connectivity index (χ1v) is 19.1. The molecule has 8 rings (SSSR count). The largest absolute Gasteiger partial charge is 0.494 e. The number of methoxy groups -OCH3 is 3. The monoisotopic (exact) mass is 902 g/mol. The van der Waals surface area contributed by atoms with Gasteiger partial charge in [0.05, 0.1) is 42.7 Å². The Hall–Kier alpha value is -5.01. The average Bonchev–Trinajstić information content (AvgIpc) is 3.94. The van der Waals surface area contributed by atoms with Gasteiger partial charge in [-0.25, -0.2) is 23.7 Å². The first-order chi connectivity index (χ1) is 26.7. The van der Waals surface area contributed by atoms with Crippen LogP contribution in [0.2, 0.25) is 10.0 Å². The van der Waals surface area contributed by atoms with Crippen molar-refractivity contribution in [1.82, 2.24) is 29.5 Å². The molecule has 14 heteroatoms. The second kappa shape index (κ2) is 16.8. The zero-order valence-corrected chi connectivity index (χ0v) is 34.3. The fourth-order valence-electron chi connectivity index (χ4n) is 6.14. The van der Waals surface area contributed by atoms with E-state index < -0.39 is 5.82 Å². The molecule has 4 aromatic heterocycles. The summed E-state index contributed by atoms with van der Waals surface area (Å²) >= 11 is 20.2. The molecule has 0 N–H and O–H groups in total. The second-order valence-electron chi connectivity index (χ2n) is 12.2. The van der Waals surface area contributed by atoms with Gasteiger partial charge >= 0.3 is 0 Å². The van der Waals surface area contributed by atoms with Crippen molar-refractivity contribution >= 4 is 76.9 Å². The van der Waals surface area contributed by atoms with Crippen molar-refractivity contribution in [3.63, 3.8) is 0 Å². The molecular weight excluding hydrogens is 874 g/mol. The molecule has 0 bridgehead atoms. The van der Waals surface area contributed by atoms with Gasteiger partial charge in [0.2, 0.25) is 11.8 Å². The maximum Gasteiger partial charge on any atom is 0.218 e. The average molecular weight is 905 g/mol. The van der Waals surface area contributed by atoms with E-state index in [1.165, 1.54) is 13.2 Å². The number of halogens is 5. The summed E-state index contributed by atoms with van der Waals surface area (Å²) < 4.78 is 35.7. The van der Waals surface area contributed by atoms with Crippen molar-refractivity contribution in [1.29, 1.82) is 0 Å². The van der Waals surface area contributed by atoms with Crippen LogP contribution in [0.4, 0.5) is 4.39 Å².